The summed E-state index contributed by atoms with van der Waals surface area (Å²) >= 11 is 1.05. The van der Waals surface area contributed by atoms with Crippen LogP contribution in [0.4, 0.5) is 18.9 Å². The predicted molar refractivity (Wildman–Crippen MR) is 64.9 cm³/mol. The molecule has 2 aromatic rings. The van der Waals surface area contributed by atoms with Crippen molar-refractivity contribution in [2.45, 2.75) is 6.54 Å². The molecule has 19 heavy (non-hydrogen) atoms. The van der Waals surface area contributed by atoms with Crippen LogP contribution in [0.1, 0.15) is 15.2 Å². The Balaban J connectivity index is 2.15. The lowest BCUT2D eigenvalue weighted by Crippen LogP contribution is -2.05. The number of hydrogen-bond donors (Lipinski definition) is 2. The Morgan fingerprint density at radius 2 is 1.89 bits per heavy atom. The molecule has 0 fully saturated rings. The number of carboxylic acids is 1. The monoisotopic (exact) mass is 287 g/mol. The largest absolute Gasteiger partial charge is 0.477 e. The molecular weight excluding hydrogens is 279 g/mol. The van der Waals surface area contributed by atoms with E-state index in [9.17, 15) is 18.0 Å². The van der Waals surface area contributed by atoms with Crippen LogP contribution in [-0.2, 0) is 6.54 Å². The maximum atomic E-state index is 13.0. The quantitative estimate of drug-likeness (QED) is 0.846. The number of rotatable bonds is 4. The average molecular weight is 287 g/mol. The molecule has 0 bridgehead atoms. The number of carbonyl (C=O) groups is 1. The third kappa shape index (κ3) is 2.87. The fourth-order valence-corrected chi connectivity index (χ4v) is 2.28. The van der Waals surface area contributed by atoms with Gasteiger partial charge in [0.15, 0.2) is 17.5 Å². The Morgan fingerprint density at radius 1 is 1.26 bits per heavy atom. The van der Waals surface area contributed by atoms with E-state index in [0.717, 1.165) is 23.5 Å². The van der Waals surface area contributed by atoms with Crippen LogP contribution < -0.4 is 5.32 Å². The summed E-state index contributed by atoms with van der Waals surface area (Å²) in [5, 5.41) is 13.1. The van der Waals surface area contributed by atoms with Crippen molar-refractivity contribution < 1.29 is 23.1 Å². The molecule has 0 aliphatic rings. The van der Waals surface area contributed by atoms with E-state index >= 15 is 0 Å². The van der Waals surface area contributed by atoms with Gasteiger partial charge in [-0.05, 0) is 17.0 Å². The van der Waals surface area contributed by atoms with Crippen LogP contribution in [0.3, 0.4) is 0 Å². The molecule has 0 aliphatic carbocycles. The molecule has 7 heteroatoms. The maximum Gasteiger partial charge on any atom is 0.346 e. The highest BCUT2D eigenvalue weighted by Crippen LogP contribution is 2.21. The minimum absolute atomic E-state index is 0.0407. The van der Waals surface area contributed by atoms with E-state index in [1.165, 1.54) is 0 Å². The third-order valence-corrected chi connectivity index (χ3v) is 3.35. The van der Waals surface area contributed by atoms with Gasteiger partial charge in [-0.1, -0.05) is 0 Å². The number of nitrogens with one attached hydrogen (secondary N) is 1. The van der Waals surface area contributed by atoms with Crippen molar-refractivity contribution in [3.8, 4) is 0 Å². The first-order valence-electron chi connectivity index (χ1n) is 5.17. The zero-order chi connectivity index (χ0) is 14.0. The van der Waals surface area contributed by atoms with Gasteiger partial charge in [-0.2, -0.15) is 0 Å². The number of halogens is 3. The van der Waals surface area contributed by atoms with Crippen LogP contribution in [0.25, 0.3) is 0 Å². The van der Waals surface area contributed by atoms with Gasteiger partial charge in [0.25, 0.3) is 0 Å². The normalized spacial score (nSPS) is 10.5. The zero-order valence-corrected chi connectivity index (χ0v) is 10.2. The number of hydrogen-bond acceptors (Lipinski definition) is 3. The van der Waals surface area contributed by atoms with Crippen LogP contribution >= 0.6 is 11.3 Å². The Morgan fingerprint density at radius 3 is 2.47 bits per heavy atom. The van der Waals surface area contributed by atoms with Crippen molar-refractivity contribution in [1.29, 1.82) is 0 Å². The minimum Gasteiger partial charge on any atom is -0.477 e. The van der Waals surface area contributed by atoms with Crippen LogP contribution in [0, 0.1) is 17.5 Å². The van der Waals surface area contributed by atoms with Crippen molar-refractivity contribution in [3.63, 3.8) is 0 Å². The summed E-state index contributed by atoms with van der Waals surface area (Å²) in [6.07, 6.45) is 0. The highest BCUT2D eigenvalue weighted by molar-refractivity contribution is 7.12. The summed E-state index contributed by atoms with van der Waals surface area (Å²) in [7, 11) is 0. The fraction of sp³-hybridized carbons (Fsp3) is 0.0833. The Kier molecular flexibility index (Phi) is 3.75. The number of thiophene rings is 1. The number of benzene rings is 1. The van der Waals surface area contributed by atoms with Crippen LogP contribution in [0.5, 0.6) is 0 Å². The number of carboxylic acid groups (broad SMARTS) is 1. The second kappa shape index (κ2) is 5.31. The summed E-state index contributed by atoms with van der Waals surface area (Å²) in [5.74, 6) is -5.20. The van der Waals surface area contributed by atoms with Gasteiger partial charge in [0.1, 0.15) is 4.88 Å². The second-order valence-electron chi connectivity index (χ2n) is 3.69. The maximum absolute atomic E-state index is 13.0. The first-order chi connectivity index (χ1) is 8.99. The number of anilines is 1. The van der Waals surface area contributed by atoms with Crippen molar-refractivity contribution >= 4 is 23.0 Å². The molecule has 0 spiro atoms. The molecule has 0 saturated carbocycles. The lowest BCUT2D eigenvalue weighted by atomic mass is 10.2. The Bertz CT molecular complexity index is 604. The Hall–Kier alpha value is -2.02. The van der Waals surface area contributed by atoms with E-state index in [1.54, 1.807) is 11.4 Å². The molecule has 0 saturated heterocycles. The van der Waals surface area contributed by atoms with Crippen molar-refractivity contribution in [1.82, 2.24) is 0 Å². The van der Waals surface area contributed by atoms with Crippen molar-refractivity contribution in [3.05, 3.63) is 51.5 Å². The minimum atomic E-state index is -1.53. The molecule has 2 rings (SSSR count). The molecule has 100 valence electrons. The molecule has 0 radical (unpaired) electrons. The standard InChI is InChI=1S/C12H8F3NO2S/c13-8-3-7(4-9(14)10(8)15)16-5-6-1-2-19-11(6)12(17)18/h1-4,16H,5H2,(H,17,18). The van der Waals surface area contributed by atoms with E-state index in [-0.39, 0.29) is 17.1 Å². The summed E-state index contributed by atoms with van der Waals surface area (Å²) in [6, 6.07) is 3.22. The molecule has 2 N–H and O–H groups in total. The smallest absolute Gasteiger partial charge is 0.346 e. The van der Waals surface area contributed by atoms with E-state index in [2.05, 4.69) is 5.32 Å². The predicted octanol–water partition coefficient (Wildman–Crippen LogP) is 3.48. The molecule has 1 aromatic carbocycles. The van der Waals surface area contributed by atoms with Crippen LogP contribution in [0.15, 0.2) is 23.6 Å². The third-order valence-electron chi connectivity index (χ3n) is 2.41. The Labute approximate surface area is 110 Å². The van der Waals surface area contributed by atoms with E-state index < -0.39 is 23.4 Å². The van der Waals surface area contributed by atoms with Gasteiger partial charge >= 0.3 is 5.97 Å². The first kappa shape index (κ1) is 13.4. The van der Waals surface area contributed by atoms with Gasteiger partial charge in [-0.15, -0.1) is 11.3 Å². The van der Waals surface area contributed by atoms with Gasteiger partial charge in [-0.25, -0.2) is 18.0 Å². The van der Waals surface area contributed by atoms with Gasteiger partial charge < -0.3 is 10.4 Å². The van der Waals surface area contributed by atoms with Gasteiger partial charge in [0, 0.05) is 24.4 Å². The SMILES string of the molecule is O=C(O)c1sccc1CNc1cc(F)c(F)c(F)c1. The molecule has 0 amide bonds. The molecule has 1 aromatic heterocycles. The van der Waals surface area contributed by atoms with Crippen molar-refractivity contribution in [2.24, 2.45) is 0 Å². The second-order valence-corrected chi connectivity index (χ2v) is 4.60. The zero-order valence-electron chi connectivity index (χ0n) is 9.41. The van der Waals surface area contributed by atoms with Crippen LogP contribution in [0.2, 0.25) is 0 Å². The molecule has 0 atom stereocenters. The average Bonchev–Trinajstić information content (AvgIpc) is 2.81. The molecule has 3 nitrogen and oxygen atoms in total. The summed E-state index contributed by atoms with van der Waals surface area (Å²) in [4.78, 5) is 11.0. The van der Waals surface area contributed by atoms with E-state index in [4.69, 9.17) is 5.11 Å². The summed E-state index contributed by atoms with van der Waals surface area (Å²) < 4.78 is 38.7. The molecular formula is C12H8F3NO2S. The first-order valence-corrected chi connectivity index (χ1v) is 6.05. The van der Waals surface area contributed by atoms with Gasteiger partial charge in [0.2, 0.25) is 0 Å². The van der Waals surface area contributed by atoms with E-state index in [1.807, 2.05) is 0 Å². The summed E-state index contributed by atoms with van der Waals surface area (Å²) in [5.41, 5.74) is 0.529. The molecule has 0 aliphatic heterocycles. The summed E-state index contributed by atoms with van der Waals surface area (Å²) in [6.45, 7) is 0.0790. The lowest BCUT2D eigenvalue weighted by Gasteiger charge is -2.07. The fourth-order valence-electron chi connectivity index (χ4n) is 1.52. The number of aromatic carboxylic acids is 1. The van der Waals surface area contributed by atoms with Gasteiger partial charge in [-0.3, -0.25) is 0 Å². The highest BCUT2D eigenvalue weighted by Gasteiger charge is 2.13. The van der Waals surface area contributed by atoms with Crippen LogP contribution in [-0.4, -0.2) is 11.1 Å². The van der Waals surface area contributed by atoms with Crippen molar-refractivity contribution in [2.75, 3.05) is 5.32 Å². The lowest BCUT2D eigenvalue weighted by molar-refractivity contribution is 0.0701. The van der Waals surface area contributed by atoms with Gasteiger partial charge in [0.05, 0.1) is 0 Å². The highest BCUT2D eigenvalue weighted by atomic mass is 32.1. The molecule has 0 unspecified atom stereocenters. The van der Waals surface area contributed by atoms with E-state index in [0.29, 0.717) is 5.56 Å². The molecule has 1 heterocycles. The topological polar surface area (TPSA) is 49.3 Å².